The van der Waals surface area contributed by atoms with Gasteiger partial charge in [-0.2, -0.15) is 0 Å². The quantitative estimate of drug-likeness (QED) is 0.0177. The summed E-state index contributed by atoms with van der Waals surface area (Å²) in [5, 5.41) is 18.4. The van der Waals surface area contributed by atoms with Gasteiger partial charge in [-0.15, -0.1) is 0 Å². The summed E-state index contributed by atoms with van der Waals surface area (Å²) < 4.78 is 38.4. The molecule has 0 aromatic rings. The zero-order valence-electron chi connectivity index (χ0n) is 36.6. The molecule has 0 amide bonds. The highest BCUT2D eigenvalue weighted by Gasteiger charge is 2.37. The van der Waals surface area contributed by atoms with Gasteiger partial charge in [0.05, 0.1) is 32.0 Å². The fourth-order valence-corrected chi connectivity index (χ4v) is 6.38. The van der Waals surface area contributed by atoms with Gasteiger partial charge in [0.2, 0.25) is 0 Å². The third-order valence-electron chi connectivity index (χ3n) is 9.15. The number of phosphoric ester groups is 1. The Morgan fingerprint density at radius 3 is 1.60 bits per heavy atom. The smallest absolute Gasteiger partial charge is 0.462 e. The van der Waals surface area contributed by atoms with Crippen molar-refractivity contribution in [2.75, 3.05) is 26.4 Å². The lowest BCUT2D eigenvalue weighted by molar-refractivity contribution is -0.161. The van der Waals surface area contributed by atoms with E-state index in [9.17, 15) is 24.2 Å². The number of esters is 2. The van der Waals surface area contributed by atoms with E-state index < -0.39 is 51.8 Å². The van der Waals surface area contributed by atoms with E-state index in [0.29, 0.717) is 19.3 Å². The number of aliphatic hydroxyl groups excluding tert-OH is 2. The highest BCUT2D eigenvalue weighted by atomic mass is 31.2. The molecule has 0 radical (unpaired) electrons. The van der Waals surface area contributed by atoms with Crippen molar-refractivity contribution in [3.63, 3.8) is 0 Å². The van der Waals surface area contributed by atoms with Crippen LogP contribution in [0.3, 0.4) is 0 Å². The number of rotatable bonds is 39. The number of hydrogen-bond acceptors (Lipinski definition) is 10. The summed E-state index contributed by atoms with van der Waals surface area (Å²) in [5.41, 5.74) is 0. The number of phosphoric acid groups is 1. The van der Waals surface area contributed by atoms with Crippen molar-refractivity contribution in [3.8, 4) is 0 Å². The molecule has 340 valence electrons. The number of allylic oxidation sites excluding steroid dienone is 15. The van der Waals surface area contributed by atoms with Crippen molar-refractivity contribution >= 4 is 19.8 Å². The van der Waals surface area contributed by atoms with Gasteiger partial charge in [-0.1, -0.05) is 137 Å². The van der Waals surface area contributed by atoms with Crippen molar-refractivity contribution in [3.05, 3.63) is 97.2 Å². The van der Waals surface area contributed by atoms with E-state index in [1.807, 2.05) is 12.2 Å². The van der Waals surface area contributed by atoms with E-state index in [1.54, 1.807) is 0 Å². The highest BCUT2D eigenvalue weighted by molar-refractivity contribution is 7.47. The summed E-state index contributed by atoms with van der Waals surface area (Å²) in [4.78, 5) is 35.1. The maximum absolute atomic E-state index is 12.7. The van der Waals surface area contributed by atoms with Crippen molar-refractivity contribution in [1.29, 1.82) is 0 Å². The molecule has 0 saturated carbocycles. The lowest BCUT2D eigenvalue weighted by Gasteiger charge is -2.20. The van der Waals surface area contributed by atoms with Gasteiger partial charge in [0.25, 0.3) is 0 Å². The number of unbranched alkanes of at least 4 members (excludes halogenated alkanes) is 6. The Labute approximate surface area is 361 Å². The van der Waals surface area contributed by atoms with Gasteiger partial charge in [0.1, 0.15) is 12.7 Å². The van der Waals surface area contributed by atoms with Gasteiger partial charge in [0, 0.05) is 12.8 Å². The summed E-state index contributed by atoms with van der Waals surface area (Å²) >= 11 is 0. The van der Waals surface area contributed by atoms with Crippen LogP contribution in [0.2, 0.25) is 0 Å². The van der Waals surface area contributed by atoms with Gasteiger partial charge < -0.3 is 29.3 Å². The summed E-state index contributed by atoms with van der Waals surface area (Å²) in [6.07, 6.45) is 49.7. The molecule has 60 heavy (non-hydrogen) atoms. The molecule has 0 aromatic carbocycles. The van der Waals surface area contributed by atoms with Crippen LogP contribution in [0, 0.1) is 0 Å². The molecule has 1 rings (SSSR count). The SMILES string of the molecule is CCCCC/C=C\C/C=C\C/C=C\C/C=C\C/C=C\CCC(=O)OC[C@H](COP(=O)(O)OC[C@@H](O)CO)OC(=O)CCCC1OC1C/C=C\C/C=C\C/C=C\CCCCC. The molecule has 1 fully saturated rings. The summed E-state index contributed by atoms with van der Waals surface area (Å²) in [5.74, 6) is -1.11. The average Bonchev–Trinajstić information content (AvgIpc) is 3.99. The number of aliphatic hydroxyl groups is 2. The van der Waals surface area contributed by atoms with Gasteiger partial charge in [-0.3, -0.25) is 18.6 Å². The summed E-state index contributed by atoms with van der Waals surface area (Å²) in [7, 11) is -4.67. The van der Waals surface area contributed by atoms with Crippen LogP contribution in [0.4, 0.5) is 0 Å². The second-order valence-corrected chi connectivity index (χ2v) is 16.2. The van der Waals surface area contributed by atoms with Crippen LogP contribution in [0.25, 0.3) is 0 Å². The summed E-state index contributed by atoms with van der Waals surface area (Å²) in [6.45, 7) is 2.13. The monoisotopic (exact) mass is 861 g/mol. The Morgan fingerprint density at radius 1 is 0.600 bits per heavy atom. The second-order valence-electron chi connectivity index (χ2n) is 14.7. The van der Waals surface area contributed by atoms with Crippen molar-refractivity contribution in [1.82, 2.24) is 0 Å². The number of ether oxygens (including phenoxy) is 3. The first kappa shape index (κ1) is 54.9. The Bertz CT molecular complexity index is 1380. The first-order chi connectivity index (χ1) is 29.2. The van der Waals surface area contributed by atoms with Crippen molar-refractivity contribution in [2.45, 2.75) is 167 Å². The second kappa shape index (κ2) is 38.7. The molecule has 5 atom stereocenters. The third-order valence-corrected chi connectivity index (χ3v) is 10.1. The van der Waals surface area contributed by atoms with E-state index in [4.69, 9.17) is 23.8 Å². The zero-order valence-corrected chi connectivity index (χ0v) is 37.5. The minimum absolute atomic E-state index is 0.0742. The molecule has 1 heterocycles. The molecule has 12 heteroatoms. The highest BCUT2D eigenvalue weighted by Crippen LogP contribution is 2.43. The minimum Gasteiger partial charge on any atom is -0.462 e. The fraction of sp³-hybridized carbons (Fsp3) is 0.625. The standard InChI is InChI=1S/C48H77O11P/c1-3-5-7-9-11-13-15-17-18-19-20-21-22-23-25-27-29-31-33-37-47(51)55-41-44(42-57-60(53,54)56-40-43(50)39-49)58-48(52)38-34-36-46-45(59-46)35-32-30-28-26-24-16-14-12-10-8-6-4-2/h11-14,17-18,20-21,23-26,29-32,43-46,49-50H,3-10,15-16,19,22,27-28,33-42H2,1-2H3,(H,53,54)/b13-11-,14-12-,18-17-,21-20-,25-23-,26-24-,31-29-,32-30-/t43-,44+,45?,46?/m0/s1. The maximum atomic E-state index is 12.7. The maximum Gasteiger partial charge on any atom is 0.472 e. The molecule has 0 aromatic heterocycles. The van der Waals surface area contributed by atoms with E-state index in [1.165, 1.54) is 44.9 Å². The van der Waals surface area contributed by atoms with Crippen LogP contribution < -0.4 is 0 Å². The summed E-state index contributed by atoms with van der Waals surface area (Å²) in [6, 6.07) is 0. The number of epoxide rings is 1. The number of carbonyl (C=O) groups excluding carboxylic acids is 2. The minimum atomic E-state index is -4.67. The van der Waals surface area contributed by atoms with Crippen molar-refractivity contribution < 1.29 is 52.5 Å². The predicted octanol–water partition coefficient (Wildman–Crippen LogP) is 11.0. The lowest BCUT2D eigenvalue weighted by Crippen LogP contribution is -2.29. The van der Waals surface area contributed by atoms with E-state index in [0.717, 1.165) is 51.4 Å². The van der Waals surface area contributed by atoms with Gasteiger partial charge in [-0.05, 0) is 89.9 Å². The molecule has 3 N–H and O–H groups in total. The zero-order chi connectivity index (χ0) is 43.8. The fourth-order valence-electron chi connectivity index (χ4n) is 5.59. The van der Waals surface area contributed by atoms with Crippen LogP contribution in [0.15, 0.2) is 97.2 Å². The van der Waals surface area contributed by atoms with E-state index in [2.05, 4.69) is 103 Å². The molecule has 0 bridgehead atoms. The topological polar surface area (TPSA) is 161 Å². The van der Waals surface area contributed by atoms with Gasteiger partial charge in [-0.25, -0.2) is 4.57 Å². The molecule has 0 spiro atoms. The number of hydrogen-bond donors (Lipinski definition) is 3. The first-order valence-electron chi connectivity index (χ1n) is 22.3. The van der Waals surface area contributed by atoms with Gasteiger partial charge >= 0.3 is 19.8 Å². The Hall–Kier alpha value is -3.15. The largest absolute Gasteiger partial charge is 0.472 e. The van der Waals surface area contributed by atoms with Crippen molar-refractivity contribution in [2.24, 2.45) is 0 Å². The normalized spacial score (nSPS) is 18.1. The van der Waals surface area contributed by atoms with Crippen LogP contribution in [0.5, 0.6) is 0 Å². The van der Waals surface area contributed by atoms with Crippen LogP contribution in [-0.4, -0.2) is 77.9 Å². The predicted molar refractivity (Wildman–Crippen MR) is 241 cm³/mol. The molecule has 11 nitrogen and oxygen atoms in total. The van der Waals surface area contributed by atoms with E-state index >= 15 is 0 Å². The Balaban J connectivity index is 2.37. The van der Waals surface area contributed by atoms with Gasteiger partial charge in [0.15, 0.2) is 6.10 Å². The van der Waals surface area contributed by atoms with E-state index in [-0.39, 0.29) is 31.7 Å². The number of carbonyl (C=O) groups is 2. The first-order valence-corrected chi connectivity index (χ1v) is 23.8. The van der Waals surface area contributed by atoms with Crippen LogP contribution in [-0.2, 0) is 37.4 Å². The molecule has 0 aliphatic carbocycles. The van der Waals surface area contributed by atoms with Crippen LogP contribution >= 0.6 is 7.82 Å². The molecule has 3 unspecified atom stereocenters. The molecular weight excluding hydrogens is 783 g/mol. The molecular formula is C48H77O11P. The average molecular weight is 861 g/mol. The molecule has 1 aliphatic rings. The molecule has 1 aliphatic heterocycles. The Morgan fingerprint density at radius 2 is 1.08 bits per heavy atom. The Kier molecular flexibility index (Phi) is 35.4. The molecule has 1 saturated heterocycles. The lowest BCUT2D eigenvalue weighted by atomic mass is 10.1. The third kappa shape index (κ3) is 35.6. The van der Waals surface area contributed by atoms with Crippen LogP contribution in [0.1, 0.15) is 142 Å².